The van der Waals surface area contributed by atoms with E-state index in [1.165, 1.54) is 13.1 Å². The maximum Gasteiger partial charge on any atom is 0.330 e. The van der Waals surface area contributed by atoms with Gasteiger partial charge in [0.1, 0.15) is 36.8 Å². The van der Waals surface area contributed by atoms with Crippen molar-refractivity contribution in [2.24, 2.45) is 16.9 Å². The summed E-state index contributed by atoms with van der Waals surface area (Å²) in [6, 6.07) is -5.85. The standard InChI is InChI=1S/C31H49N7O10/c1-17(2)14-21-26(41)34-19(4)29(44)38-24(11-7-13-33-38)31(47)48-16-22(27(42)35-21)36-28(43)23-10-6-12-32-37(23)25(40)15-20(30(45)46)9-5-8-18(3)39/h12,17-24,33,39H,5-11,13-16H2,1-4H3,(H,34,41)(H,35,42)(H,36,43)(H,45,46). The van der Waals surface area contributed by atoms with Gasteiger partial charge in [-0.3, -0.25) is 33.8 Å². The van der Waals surface area contributed by atoms with Gasteiger partial charge in [-0.1, -0.05) is 20.3 Å². The van der Waals surface area contributed by atoms with Crippen LogP contribution in [0.4, 0.5) is 0 Å². The molecule has 0 radical (unpaired) electrons. The van der Waals surface area contributed by atoms with Crippen molar-refractivity contribution in [3.63, 3.8) is 0 Å². The molecule has 17 nitrogen and oxygen atoms in total. The minimum atomic E-state index is -1.49. The third-order valence-corrected chi connectivity index (χ3v) is 8.43. The summed E-state index contributed by atoms with van der Waals surface area (Å²) in [5, 5.41) is 33.1. The van der Waals surface area contributed by atoms with Crippen LogP contribution in [-0.2, 0) is 38.3 Å². The normalized spacial score (nSPS) is 26.9. The molecule has 48 heavy (non-hydrogen) atoms. The number of carboxylic acids is 1. The number of aliphatic hydroxyl groups is 1. The number of hydrazone groups is 1. The molecule has 3 heterocycles. The van der Waals surface area contributed by atoms with E-state index in [9.17, 15) is 43.8 Å². The number of cyclic esters (lactones) is 1. The molecule has 6 N–H and O–H groups in total. The number of esters is 1. The van der Waals surface area contributed by atoms with Crippen molar-refractivity contribution in [2.75, 3.05) is 13.2 Å². The van der Waals surface area contributed by atoms with Crippen molar-refractivity contribution in [3.8, 4) is 0 Å². The number of hydrogen-bond donors (Lipinski definition) is 6. The van der Waals surface area contributed by atoms with Gasteiger partial charge in [0.2, 0.25) is 23.6 Å². The number of hydrogen-bond acceptors (Lipinski definition) is 11. The van der Waals surface area contributed by atoms with Gasteiger partial charge in [-0.05, 0) is 64.7 Å². The van der Waals surface area contributed by atoms with E-state index >= 15 is 0 Å². The van der Waals surface area contributed by atoms with E-state index in [0.29, 0.717) is 32.2 Å². The Morgan fingerprint density at radius 2 is 1.81 bits per heavy atom. The summed E-state index contributed by atoms with van der Waals surface area (Å²) in [6.07, 6.45) is 2.71. The first-order valence-corrected chi connectivity index (χ1v) is 16.6. The Morgan fingerprint density at radius 1 is 1.08 bits per heavy atom. The zero-order valence-corrected chi connectivity index (χ0v) is 28.0. The third kappa shape index (κ3) is 10.7. The van der Waals surface area contributed by atoms with Gasteiger partial charge >= 0.3 is 11.9 Å². The molecule has 5 amide bonds. The Bertz CT molecular complexity index is 1240. The minimum absolute atomic E-state index is 0.0527. The number of hydrazine groups is 1. The molecule has 3 rings (SSSR count). The van der Waals surface area contributed by atoms with Gasteiger partial charge in [0.25, 0.3) is 5.91 Å². The molecule has 0 spiro atoms. The topological polar surface area (TPSA) is 236 Å². The molecule has 0 aromatic heterocycles. The van der Waals surface area contributed by atoms with Gasteiger partial charge in [0.05, 0.1) is 12.0 Å². The zero-order valence-electron chi connectivity index (χ0n) is 28.0. The van der Waals surface area contributed by atoms with Crippen LogP contribution in [0.25, 0.3) is 0 Å². The Hall–Kier alpha value is -4.12. The summed E-state index contributed by atoms with van der Waals surface area (Å²) in [4.78, 5) is 92.1. The molecular formula is C31H49N7O10. The Kier molecular flexibility index (Phi) is 14.3. The van der Waals surface area contributed by atoms with Crippen molar-refractivity contribution in [1.82, 2.24) is 31.4 Å². The number of aliphatic carboxylic acids is 1. The van der Waals surface area contributed by atoms with Crippen LogP contribution in [0.15, 0.2) is 5.10 Å². The molecule has 7 unspecified atom stereocenters. The van der Waals surface area contributed by atoms with Crippen molar-refractivity contribution in [1.29, 1.82) is 0 Å². The molecule has 268 valence electrons. The summed E-state index contributed by atoms with van der Waals surface area (Å²) in [6.45, 7) is 6.53. The van der Waals surface area contributed by atoms with Gasteiger partial charge in [-0.15, -0.1) is 0 Å². The molecule has 0 aromatic carbocycles. The summed E-state index contributed by atoms with van der Waals surface area (Å²) in [5.41, 5.74) is 2.89. The van der Waals surface area contributed by atoms with Crippen molar-refractivity contribution < 1.29 is 48.5 Å². The van der Waals surface area contributed by atoms with Crippen molar-refractivity contribution >= 4 is 47.7 Å². The second kappa shape index (κ2) is 17.9. The van der Waals surface area contributed by atoms with Crippen molar-refractivity contribution in [3.05, 3.63) is 0 Å². The lowest BCUT2D eigenvalue weighted by atomic mass is 9.96. The largest absolute Gasteiger partial charge is 0.481 e. The Labute approximate surface area is 279 Å². The number of nitrogens with one attached hydrogen (secondary N) is 4. The fraction of sp³-hybridized carbons (Fsp3) is 0.742. The Balaban J connectivity index is 1.83. The first-order valence-electron chi connectivity index (χ1n) is 16.6. The van der Waals surface area contributed by atoms with Crippen LogP contribution in [0.3, 0.4) is 0 Å². The highest BCUT2D eigenvalue weighted by atomic mass is 16.5. The van der Waals surface area contributed by atoms with Gasteiger partial charge in [-0.25, -0.2) is 15.2 Å². The predicted molar refractivity (Wildman–Crippen MR) is 169 cm³/mol. The zero-order chi connectivity index (χ0) is 35.5. The number of fused-ring (bicyclic) bond motifs is 1. The number of carbonyl (C=O) groups is 7. The maximum atomic E-state index is 13.7. The summed E-state index contributed by atoms with van der Waals surface area (Å²) < 4.78 is 5.48. The van der Waals surface area contributed by atoms with Gasteiger partial charge in [0.15, 0.2) is 0 Å². The molecular weight excluding hydrogens is 630 g/mol. The predicted octanol–water partition coefficient (Wildman–Crippen LogP) is -0.822. The smallest absolute Gasteiger partial charge is 0.330 e. The van der Waals surface area contributed by atoms with Gasteiger partial charge in [-0.2, -0.15) is 5.10 Å². The average Bonchev–Trinajstić information content (AvgIpc) is 3.04. The van der Waals surface area contributed by atoms with Gasteiger partial charge in [0, 0.05) is 19.2 Å². The van der Waals surface area contributed by atoms with Gasteiger partial charge < -0.3 is 30.9 Å². The minimum Gasteiger partial charge on any atom is -0.481 e. The summed E-state index contributed by atoms with van der Waals surface area (Å²) in [5.74, 6) is -6.63. The highest BCUT2D eigenvalue weighted by molar-refractivity contribution is 5.97. The van der Waals surface area contributed by atoms with Crippen molar-refractivity contribution in [2.45, 2.75) is 122 Å². The number of ether oxygens (including phenoxy) is 1. The van der Waals surface area contributed by atoms with Crippen LogP contribution in [0, 0.1) is 11.8 Å². The molecule has 2 saturated heterocycles. The molecule has 0 saturated carbocycles. The lowest BCUT2D eigenvalue weighted by molar-refractivity contribution is -0.162. The Morgan fingerprint density at radius 3 is 2.48 bits per heavy atom. The third-order valence-electron chi connectivity index (χ3n) is 8.43. The fourth-order valence-electron chi connectivity index (χ4n) is 5.80. The molecule has 0 aromatic rings. The van der Waals surface area contributed by atoms with Crippen LogP contribution >= 0.6 is 0 Å². The highest BCUT2D eigenvalue weighted by Crippen LogP contribution is 2.21. The van der Waals surface area contributed by atoms with E-state index < -0.39 is 96.7 Å². The SMILES string of the molecule is CC(C)CC1NC(=O)C(NC(=O)C2CCC=NN2C(=O)CC(CCCC(C)O)C(=O)O)COC(=O)C2CCCNN2C(=O)C(C)NC1=O. The number of rotatable bonds is 11. The summed E-state index contributed by atoms with van der Waals surface area (Å²) in [7, 11) is 0. The fourth-order valence-corrected chi connectivity index (χ4v) is 5.80. The van der Waals surface area contributed by atoms with Crippen LogP contribution in [0.1, 0.15) is 85.5 Å². The van der Waals surface area contributed by atoms with Crippen LogP contribution in [-0.4, -0.2) is 117 Å². The summed E-state index contributed by atoms with van der Waals surface area (Å²) >= 11 is 0. The van der Waals surface area contributed by atoms with E-state index in [-0.39, 0.29) is 31.6 Å². The number of aliphatic hydroxyl groups excluding tert-OH is 1. The number of carboxylic acid groups (broad SMARTS) is 1. The molecule has 7 atom stereocenters. The second-order valence-corrected chi connectivity index (χ2v) is 13.0. The van der Waals surface area contributed by atoms with E-state index in [2.05, 4.69) is 26.5 Å². The van der Waals surface area contributed by atoms with E-state index in [4.69, 9.17) is 4.74 Å². The van der Waals surface area contributed by atoms with Crippen LogP contribution in [0.5, 0.6) is 0 Å². The lowest BCUT2D eigenvalue weighted by Crippen LogP contribution is -2.61. The maximum absolute atomic E-state index is 13.7. The first-order chi connectivity index (χ1) is 22.7. The number of amides is 5. The molecule has 0 aliphatic carbocycles. The highest BCUT2D eigenvalue weighted by Gasteiger charge is 2.40. The quantitative estimate of drug-likeness (QED) is 0.148. The van der Waals surface area contributed by atoms with Crippen LogP contribution in [0.2, 0.25) is 0 Å². The van der Waals surface area contributed by atoms with E-state index in [1.54, 1.807) is 6.92 Å². The molecule has 0 bridgehead atoms. The van der Waals surface area contributed by atoms with E-state index in [1.807, 2.05) is 13.8 Å². The number of carbonyl (C=O) groups excluding carboxylic acids is 6. The first kappa shape index (κ1) is 38.3. The van der Waals surface area contributed by atoms with E-state index in [0.717, 1.165) is 10.0 Å². The molecule has 3 aliphatic rings. The monoisotopic (exact) mass is 679 g/mol. The lowest BCUT2D eigenvalue weighted by Gasteiger charge is -2.36. The van der Waals surface area contributed by atoms with Crippen LogP contribution < -0.4 is 21.4 Å². The molecule has 2 fully saturated rings. The molecule has 17 heteroatoms. The average molecular weight is 680 g/mol. The number of nitrogens with zero attached hydrogens (tertiary/aromatic N) is 3. The second-order valence-electron chi connectivity index (χ2n) is 13.0. The molecule has 3 aliphatic heterocycles.